The number of benzene rings is 1. The van der Waals surface area contributed by atoms with E-state index in [0.717, 1.165) is 11.1 Å². The molecular formula is C27H27F6N5O. The Bertz CT molecular complexity index is 1370. The third-order valence-electron chi connectivity index (χ3n) is 6.37. The van der Waals surface area contributed by atoms with Crippen molar-refractivity contribution in [2.24, 2.45) is 0 Å². The molecule has 3 rings (SSSR count). The van der Waals surface area contributed by atoms with Crippen molar-refractivity contribution >= 4 is 23.6 Å². The fourth-order valence-corrected chi connectivity index (χ4v) is 4.22. The van der Waals surface area contributed by atoms with Gasteiger partial charge in [-0.05, 0) is 57.5 Å². The molecule has 0 unspecified atom stereocenters. The Labute approximate surface area is 221 Å². The van der Waals surface area contributed by atoms with E-state index in [4.69, 9.17) is 5.41 Å². The zero-order chi connectivity index (χ0) is 29.3. The van der Waals surface area contributed by atoms with E-state index in [9.17, 15) is 31.1 Å². The van der Waals surface area contributed by atoms with Crippen LogP contribution in [0.4, 0.5) is 37.8 Å². The zero-order valence-corrected chi connectivity index (χ0v) is 21.8. The summed E-state index contributed by atoms with van der Waals surface area (Å²) in [5.74, 6) is -0.422. The molecule has 0 saturated heterocycles. The van der Waals surface area contributed by atoms with Gasteiger partial charge in [0.25, 0.3) is 0 Å². The first-order chi connectivity index (χ1) is 18.0. The molecule has 0 aliphatic rings. The lowest BCUT2D eigenvalue weighted by Gasteiger charge is -2.32. The molecule has 0 spiro atoms. The summed E-state index contributed by atoms with van der Waals surface area (Å²) in [6.07, 6.45) is -6.12. The van der Waals surface area contributed by atoms with Crippen LogP contribution in [0.5, 0.6) is 0 Å². The number of carbonyl (C=O) groups excluding carboxylic acids is 1. The Hall–Kier alpha value is -3.96. The number of aryl methyl sites for hydroxylation is 1. The van der Waals surface area contributed by atoms with Crippen LogP contribution in [0, 0.1) is 12.3 Å². The number of aromatic nitrogens is 2. The van der Waals surface area contributed by atoms with E-state index in [2.05, 4.69) is 15.3 Å². The van der Waals surface area contributed by atoms with Gasteiger partial charge in [-0.25, -0.2) is 4.98 Å². The zero-order valence-electron chi connectivity index (χ0n) is 21.8. The van der Waals surface area contributed by atoms with Gasteiger partial charge < -0.3 is 15.6 Å². The van der Waals surface area contributed by atoms with Gasteiger partial charge in [0.2, 0.25) is 5.91 Å². The molecule has 2 N–H and O–H groups in total. The average molecular weight is 552 g/mol. The lowest BCUT2D eigenvalue weighted by Crippen LogP contribution is -2.42. The van der Waals surface area contributed by atoms with Crippen molar-refractivity contribution < 1.29 is 31.1 Å². The highest BCUT2D eigenvalue weighted by atomic mass is 19.4. The van der Waals surface area contributed by atoms with Crippen molar-refractivity contribution in [3.05, 3.63) is 70.7 Å². The van der Waals surface area contributed by atoms with Gasteiger partial charge in [-0.3, -0.25) is 9.78 Å². The number of amides is 1. The molecule has 6 nitrogen and oxygen atoms in total. The van der Waals surface area contributed by atoms with Crippen LogP contribution in [0.25, 0.3) is 11.1 Å². The fraction of sp³-hybridized carbons (Fsp3) is 0.333. The van der Waals surface area contributed by atoms with Crippen LogP contribution in [-0.4, -0.2) is 35.7 Å². The van der Waals surface area contributed by atoms with Gasteiger partial charge in [-0.2, -0.15) is 26.3 Å². The lowest BCUT2D eigenvalue weighted by molar-refractivity contribution is -0.143. The number of carbonyl (C=O) groups is 1. The van der Waals surface area contributed by atoms with Crippen molar-refractivity contribution in [2.45, 2.75) is 45.5 Å². The predicted octanol–water partition coefficient (Wildman–Crippen LogP) is 6.86. The van der Waals surface area contributed by atoms with E-state index in [1.165, 1.54) is 27.1 Å². The van der Waals surface area contributed by atoms with Crippen molar-refractivity contribution in [2.75, 3.05) is 23.8 Å². The first-order valence-corrected chi connectivity index (χ1v) is 11.8. The van der Waals surface area contributed by atoms with Crippen molar-refractivity contribution in [3.63, 3.8) is 0 Å². The maximum atomic E-state index is 13.8. The maximum absolute atomic E-state index is 13.8. The molecule has 0 fully saturated rings. The second-order valence-corrected chi connectivity index (χ2v) is 9.38. The van der Waals surface area contributed by atoms with Crippen molar-refractivity contribution in [3.8, 4) is 11.1 Å². The van der Waals surface area contributed by atoms with Gasteiger partial charge in [0.15, 0.2) is 0 Å². The van der Waals surface area contributed by atoms with Crippen LogP contribution in [0.1, 0.15) is 48.7 Å². The molecule has 0 atom stereocenters. The Morgan fingerprint density at radius 2 is 1.59 bits per heavy atom. The van der Waals surface area contributed by atoms with Gasteiger partial charge in [0, 0.05) is 48.4 Å². The minimum atomic E-state index is -5.06. The number of pyridine rings is 2. The van der Waals surface area contributed by atoms with Crippen LogP contribution in [0.3, 0.4) is 0 Å². The summed E-state index contributed by atoms with van der Waals surface area (Å²) in [4.78, 5) is 23.6. The molecule has 0 aliphatic carbocycles. The number of rotatable bonds is 7. The first kappa shape index (κ1) is 29.6. The summed E-state index contributed by atoms with van der Waals surface area (Å²) < 4.78 is 81.0. The molecule has 3 aromatic rings. The maximum Gasteiger partial charge on any atom is 0.416 e. The van der Waals surface area contributed by atoms with Crippen molar-refractivity contribution in [1.29, 1.82) is 5.41 Å². The van der Waals surface area contributed by atoms with E-state index in [1.54, 1.807) is 25.3 Å². The molecule has 39 heavy (non-hydrogen) atoms. The van der Waals surface area contributed by atoms with E-state index in [1.807, 2.05) is 6.92 Å². The SMILES string of the molecule is CCNc1ncc(N(C)C(=O)C(C)(C)c2cc(C(F)(F)F)cc(C(F)(F)F)c2)c(-c2cccnc2C)c1C=N. The highest BCUT2D eigenvalue weighted by molar-refractivity contribution is 6.07. The lowest BCUT2D eigenvalue weighted by atomic mass is 9.81. The third kappa shape index (κ3) is 5.89. The quantitative estimate of drug-likeness (QED) is 0.248. The average Bonchev–Trinajstić information content (AvgIpc) is 2.86. The summed E-state index contributed by atoms with van der Waals surface area (Å²) in [6, 6.07) is 4.54. The second-order valence-electron chi connectivity index (χ2n) is 9.38. The van der Waals surface area contributed by atoms with Crippen molar-refractivity contribution in [1.82, 2.24) is 9.97 Å². The molecule has 12 heteroatoms. The molecule has 0 saturated carbocycles. The number of anilines is 2. The van der Waals surface area contributed by atoms with E-state index in [-0.39, 0.29) is 11.8 Å². The van der Waals surface area contributed by atoms with Crippen LogP contribution >= 0.6 is 0 Å². The van der Waals surface area contributed by atoms with Crippen LogP contribution in [-0.2, 0) is 22.6 Å². The number of hydrogen-bond acceptors (Lipinski definition) is 5. The van der Waals surface area contributed by atoms with Crippen LogP contribution in [0.2, 0.25) is 0 Å². The minimum absolute atomic E-state index is 0.0246. The topological polar surface area (TPSA) is 82.0 Å². The molecule has 0 radical (unpaired) electrons. The van der Waals surface area contributed by atoms with Gasteiger partial charge in [-0.15, -0.1) is 0 Å². The largest absolute Gasteiger partial charge is 0.416 e. The minimum Gasteiger partial charge on any atom is -0.370 e. The first-order valence-electron chi connectivity index (χ1n) is 11.8. The Kier molecular flexibility index (Phi) is 8.09. The smallest absolute Gasteiger partial charge is 0.370 e. The Morgan fingerprint density at radius 3 is 2.08 bits per heavy atom. The summed E-state index contributed by atoms with van der Waals surface area (Å²) in [7, 11) is 1.36. The molecule has 1 amide bonds. The van der Waals surface area contributed by atoms with Gasteiger partial charge in [-0.1, -0.05) is 6.07 Å². The van der Waals surface area contributed by atoms with E-state index >= 15 is 0 Å². The van der Waals surface area contributed by atoms with E-state index < -0.39 is 40.4 Å². The number of nitrogens with one attached hydrogen (secondary N) is 2. The fourth-order valence-electron chi connectivity index (χ4n) is 4.22. The number of halogens is 6. The number of likely N-dealkylation sites (N-methyl/N-ethyl adjacent to an activating group) is 1. The molecule has 208 valence electrons. The Morgan fingerprint density at radius 1 is 1.03 bits per heavy atom. The number of hydrogen-bond donors (Lipinski definition) is 2. The van der Waals surface area contributed by atoms with Gasteiger partial charge in [0.05, 0.1) is 28.4 Å². The van der Waals surface area contributed by atoms with E-state index in [0.29, 0.717) is 46.9 Å². The Balaban J connectivity index is 2.23. The van der Waals surface area contributed by atoms with Crippen LogP contribution < -0.4 is 10.2 Å². The number of nitrogens with zero attached hydrogens (tertiary/aromatic N) is 3. The van der Waals surface area contributed by atoms with Gasteiger partial charge in [0.1, 0.15) is 5.82 Å². The second kappa shape index (κ2) is 10.7. The molecule has 1 aromatic carbocycles. The molecule has 2 heterocycles. The normalized spacial score (nSPS) is 12.3. The molecular weight excluding hydrogens is 524 g/mol. The molecule has 0 aliphatic heterocycles. The summed E-state index contributed by atoms with van der Waals surface area (Å²) in [6.45, 7) is 6.56. The molecule has 0 bridgehead atoms. The summed E-state index contributed by atoms with van der Waals surface area (Å²) in [5.41, 5.74) is -3.20. The highest BCUT2D eigenvalue weighted by Gasteiger charge is 2.41. The standard InChI is InChI=1S/C27H27F6N5O/c1-6-35-23-20(13-34)22(19-8-7-9-36-15(19)2)21(14-37-23)38(5)24(39)25(3,4)16-10-17(26(28,29)30)12-18(11-16)27(31,32)33/h7-14,34H,6H2,1-5H3,(H,35,37). The molecule has 2 aromatic heterocycles. The summed E-state index contributed by atoms with van der Waals surface area (Å²) in [5, 5.41) is 11.1. The van der Waals surface area contributed by atoms with Gasteiger partial charge >= 0.3 is 12.4 Å². The third-order valence-corrected chi connectivity index (χ3v) is 6.37. The monoisotopic (exact) mass is 551 g/mol. The predicted molar refractivity (Wildman–Crippen MR) is 137 cm³/mol. The highest BCUT2D eigenvalue weighted by Crippen LogP contribution is 2.41. The van der Waals surface area contributed by atoms with Crippen LogP contribution in [0.15, 0.2) is 42.7 Å². The number of alkyl halides is 6. The summed E-state index contributed by atoms with van der Waals surface area (Å²) >= 11 is 0.